The average molecular weight is 272 g/mol. The summed E-state index contributed by atoms with van der Waals surface area (Å²) in [7, 11) is 1.91. The van der Waals surface area contributed by atoms with E-state index in [1.807, 2.05) is 13.2 Å². The first-order valence-electron chi connectivity index (χ1n) is 7.31. The Hall–Kier alpha value is -1.68. The lowest BCUT2D eigenvalue weighted by Crippen LogP contribution is -2.23. The molecule has 20 heavy (non-hydrogen) atoms. The van der Waals surface area contributed by atoms with E-state index in [1.165, 1.54) is 11.1 Å². The number of nitrogens with zero attached hydrogens (tertiary/aromatic N) is 3. The van der Waals surface area contributed by atoms with Gasteiger partial charge in [0.25, 0.3) is 0 Å². The lowest BCUT2D eigenvalue weighted by molar-refractivity contribution is 0.571. The highest BCUT2D eigenvalue weighted by atomic mass is 15.4. The Labute approximate surface area is 121 Å². The Kier molecular flexibility index (Phi) is 5.30. The first kappa shape index (κ1) is 14.7. The molecule has 1 N–H and O–H groups in total. The summed E-state index contributed by atoms with van der Waals surface area (Å²) in [5, 5.41) is 11.8. The van der Waals surface area contributed by atoms with Crippen molar-refractivity contribution in [2.24, 2.45) is 7.05 Å². The third kappa shape index (κ3) is 4.17. The van der Waals surface area contributed by atoms with Crippen molar-refractivity contribution in [1.29, 1.82) is 0 Å². The second-order valence-electron chi connectivity index (χ2n) is 5.40. The van der Waals surface area contributed by atoms with Gasteiger partial charge < -0.3 is 5.32 Å². The van der Waals surface area contributed by atoms with Gasteiger partial charge in [0.05, 0.1) is 5.69 Å². The summed E-state index contributed by atoms with van der Waals surface area (Å²) in [6, 6.07) is 8.81. The fourth-order valence-electron chi connectivity index (χ4n) is 2.34. The highest BCUT2D eigenvalue weighted by Gasteiger charge is 2.14. The summed E-state index contributed by atoms with van der Waals surface area (Å²) in [6.45, 7) is 6.35. The van der Waals surface area contributed by atoms with E-state index in [0.29, 0.717) is 5.92 Å². The normalized spacial score (nSPS) is 12.6. The molecular weight excluding hydrogens is 248 g/mol. The van der Waals surface area contributed by atoms with Crippen LogP contribution in [0.1, 0.15) is 36.1 Å². The summed E-state index contributed by atoms with van der Waals surface area (Å²) < 4.78 is 1.76. The van der Waals surface area contributed by atoms with Crippen molar-refractivity contribution in [1.82, 2.24) is 20.3 Å². The van der Waals surface area contributed by atoms with Crippen molar-refractivity contribution >= 4 is 0 Å². The van der Waals surface area contributed by atoms with Crippen molar-refractivity contribution in [2.75, 3.05) is 13.1 Å². The summed E-state index contributed by atoms with van der Waals surface area (Å²) >= 11 is 0. The van der Waals surface area contributed by atoms with Gasteiger partial charge in [-0.15, -0.1) is 5.10 Å². The molecule has 1 atom stereocenters. The lowest BCUT2D eigenvalue weighted by Gasteiger charge is -2.17. The van der Waals surface area contributed by atoms with Crippen LogP contribution in [-0.2, 0) is 13.5 Å². The maximum Gasteiger partial charge on any atom is 0.0833 e. The molecule has 0 saturated heterocycles. The molecule has 4 nitrogen and oxygen atoms in total. The molecule has 1 aromatic heterocycles. The zero-order valence-electron chi connectivity index (χ0n) is 12.6. The van der Waals surface area contributed by atoms with Crippen LogP contribution in [0, 0.1) is 6.92 Å². The van der Waals surface area contributed by atoms with Gasteiger partial charge in [-0.05, 0) is 25.5 Å². The molecule has 1 heterocycles. The molecule has 0 saturated carbocycles. The Morgan fingerprint density at radius 2 is 2.00 bits per heavy atom. The zero-order valence-corrected chi connectivity index (χ0v) is 12.6. The molecule has 0 aliphatic rings. The number of aryl methyl sites for hydroxylation is 2. The van der Waals surface area contributed by atoms with Crippen LogP contribution >= 0.6 is 0 Å². The highest BCUT2D eigenvalue weighted by molar-refractivity contribution is 5.26. The summed E-state index contributed by atoms with van der Waals surface area (Å²) in [5.41, 5.74) is 3.72. The molecule has 2 rings (SSSR count). The van der Waals surface area contributed by atoms with Gasteiger partial charge in [0.1, 0.15) is 0 Å². The first-order valence-corrected chi connectivity index (χ1v) is 7.31. The average Bonchev–Trinajstić information content (AvgIpc) is 2.84. The predicted octanol–water partition coefficient (Wildman–Crippen LogP) is 2.45. The second-order valence-corrected chi connectivity index (χ2v) is 5.40. The van der Waals surface area contributed by atoms with Gasteiger partial charge in [-0.25, -0.2) is 0 Å². The zero-order chi connectivity index (χ0) is 14.4. The number of hydrogen-bond acceptors (Lipinski definition) is 3. The highest BCUT2D eigenvalue weighted by Crippen LogP contribution is 2.20. The van der Waals surface area contributed by atoms with Crippen molar-refractivity contribution in [2.45, 2.75) is 32.6 Å². The molecule has 4 heteroatoms. The SMILES string of the molecule is CCCNCC(Cc1cn(C)nn1)c1ccc(C)cc1. The maximum absolute atomic E-state index is 4.21. The third-order valence-corrected chi connectivity index (χ3v) is 3.47. The van der Waals surface area contributed by atoms with E-state index in [0.717, 1.165) is 31.6 Å². The number of nitrogens with one attached hydrogen (secondary N) is 1. The minimum Gasteiger partial charge on any atom is -0.316 e. The molecule has 2 aromatic rings. The molecule has 0 aliphatic carbocycles. The Balaban J connectivity index is 2.09. The standard InChI is InChI=1S/C16H24N4/c1-4-9-17-11-15(10-16-12-20(3)19-18-16)14-7-5-13(2)6-8-14/h5-8,12,15,17H,4,9-11H2,1-3H3. The predicted molar refractivity (Wildman–Crippen MR) is 81.8 cm³/mol. The van der Waals surface area contributed by atoms with Gasteiger partial charge in [0.2, 0.25) is 0 Å². The van der Waals surface area contributed by atoms with E-state index in [4.69, 9.17) is 0 Å². The molecule has 108 valence electrons. The first-order chi connectivity index (χ1) is 9.69. The van der Waals surface area contributed by atoms with E-state index in [1.54, 1.807) is 4.68 Å². The van der Waals surface area contributed by atoms with E-state index in [-0.39, 0.29) is 0 Å². The third-order valence-electron chi connectivity index (χ3n) is 3.47. The van der Waals surface area contributed by atoms with Crippen LogP contribution in [0.4, 0.5) is 0 Å². The molecule has 1 unspecified atom stereocenters. The number of hydrogen-bond donors (Lipinski definition) is 1. The van der Waals surface area contributed by atoms with E-state index < -0.39 is 0 Å². The number of benzene rings is 1. The second kappa shape index (κ2) is 7.20. The van der Waals surface area contributed by atoms with Crippen molar-refractivity contribution in [3.05, 3.63) is 47.3 Å². The Morgan fingerprint density at radius 1 is 1.25 bits per heavy atom. The lowest BCUT2D eigenvalue weighted by atomic mass is 9.93. The summed E-state index contributed by atoms with van der Waals surface area (Å²) in [5.74, 6) is 0.443. The Bertz CT molecular complexity index is 516. The maximum atomic E-state index is 4.21. The Morgan fingerprint density at radius 3 is 2.60 bits per heavy atom. The van der Waals surface area contributed by atoms with E-state index in [2.05, 4.69) is 53.7 Å². The van der Waals surface area contributed by atoms with Gasteiger partial charge in [0, 0.05) is 32.1 Å². The van der Waals surface area contributed by atoms with Crippen LogP contribution in [0.5, 0.6) is 0 Å². The van der Waals surface area contributed by atoms with Crippen molar-refractivity contribution < 1.29 is 0 Å². The molecule has 0 amide bonds. The van der Waals surface area contributed by atoms with Gasteiger partial charge in [0.15, 0.2) is 0 Å². The van der Waals surface area contributed by atoms with Crippen LogP contribution in [0.3, 0.4) is 0 Å². The van der Waals surface area contributed by atoms with Crippen molar-refractivity contribution in [3.63, 3.8) is 0 Å². The fraction of sp³-hybridized carbons (Fsp3) is 0.500. The van der Waals surface area contributed by atoms with Gasteiger partial charge in [-0.1, -0.05) is 42.0 Å². The molecule has 1 aromatic carbocycles. The van der Waals surface area contributed by atoms with Crippen LogP contribution < -0.4 is 5.32 Å². The number of rotatable bonds is 7. The molecule has 0 bridgehead atoms. The molecule has 0 fully saturated rings. The monoisotopic (exact) mass is 272 g/mol. The molecular formula is C16H24N4. The van der Waals surface area contributed by atoms with Crippen LogP contribution in [0.2, 0.25) is 0 Å². The minimum atomic E-state index is 0.443. The van der Waals surface area contributed by atoms with Gasteiger partial charge >= 0.3 is 0 Å². The quantitative estimate of drug-likeness (QED) is 0.787. The summed E-state index contributed by atoms with van der Waals surface area (Å²) in [6.07, 6.45) is 4.08. The smallest absolute Gasteiger partial charge is 0.0833 e. The fourth-order valence-corrected chi connectivity index (χ4v) is 2.34. The van der Waals surface area contributed by atoms with Crippen LogP contribution in [-0.4, -0.2) is 28.1 Å². The minimum absolute atomic E-state index is 0.443. The molecule has 0 aliphatic heterocycles. The largest absolute Gasteiger partial charge is 0.316 e. The van der Waals surface area contributed by atoms with Gasteiger partial charge in [-0.3, -0.25) is 4.68 Å². The van der Waals surface area contributed by atoms with E-state index in [9.17, 15) is 0 Å². The number of aromatic nitrogens is 3. The topological polar surface area (TPSA) is 42.7 Å². The molecule has 0 spiro atoms. The van der Waals surface area contributed by atoms with Crippen LogP contribution in [0.25, 0.3) is 0 Å². The molecule has 0 radical (unpaired) electrons. The van der Waals surface area contributed by atoms with Gasteiger partial charge in [-0.2, -0.15) is 0 Å². The van der Waals surface area contributed by atoms with Crippen LogP contribution in [0.15, 0.2) is 30.5 Å². The van der Waals surface area contributed by atoms with E-state index >= 15 is 0 Å². The van der Waals surface area contributed by atoms with Crippen molar-refractivity contribution in [3.8, 4) is 0 Å². The summed E-state index contributed by atoms with van der Waals surface area (Å²) in [4.78, 5) is 0.